The van der Waals surface area contributed by atoms with Gasteiger partial charge in [0.2, 0.25) is 11.8 Å². The largest absolute Gasteiger partial charge is 0.495 e. The summed E-state index contributed by atoms with van der Waals surface area (Å²) in [6.07, 6.45) is 2.28. The van der Waals surface area contributed by atoms with Crippen LogP contribution in [-0.4, -0.2) is 44.0 Å². The normalized spacial score (nSPS) is 10.4. The van der Waals surface area contributed by atoms with E-state index in [1.165, 1.54) is 14.0 Å². The van der Waals surface area contributed by atoms with Gasteiger partial charge in [-0.25, -0.2) is 0 Å². The summed E-state index contributed by atoms with van der Waals surface area (Å²) in [5.41, 5.74) is 1.49. The Morgan fingerprint density at radius 3 is 2.46 bits per heavy atom. The molecule has 6 heteroatoms. The van der Waals surface area contributed by atoms with Crippen LogP contribution < -0.4 is 9.64 Å². The minimum atomic E-state index is -0.140. The predicted molar refractivity (Wildman–Crippen MR) is 97.9 cm³/mol. The summed E-state index contributed by atoms with van der Waals surface area (Å²) in [5.74, 6) is 0.408. The van der Waals surface area contributed by atoms with Gasteiger partial charge in [0.25, 0.3) is 0 Å². The van der Waals surface area contributed by atoms with Crippen LogP contribution in [0.3, 0.4) is 0 Å². The van der Waals surface area contributed by atoms with Gasteiger partial charge < -0.3 is 14.5 Å². The minimum Gasteiger partial charge on any atom is -0.495 e. The molecule has 0 spiro atoms. The van der Waals surface area contributed by atoms with Crippen LogP contribution in [0.4, 0.5) is 5.69 Å². The number of benzene rings is 1. The van der Waals surface area contributed by atoms with E-state index in [2.05, 4.69) is 6.92 Å². The molecule has 0 fully saturated rings. The van der Waals surface area contributed by atoms with Gasteiger partial charge in [-0.15, -0.1) is 0 Å². The number of amides is 2. The van der Waals surface area contributed by atoms with Gasteiger partial charge in [-0.2, -0.15) is 0 Å². The predicted octanol–water partition coefficient (Wildman–Crippen LogP) is 3.66. The lowest BCUT2D eigenvalue weighted by Gasteiger charge is -2.25. The van der Waals surface area contributed by atoms with Crippen molar-refractivity contribution < 1.29 is 14.3 Å². The number of rotatable bonds is 8. The molecule has 134 valence electrons. The van der Waals surface area contributed by atoms with E-state index < -0.39 is 0 Å². The van der Waals surface area contributed by atoms with Crippen molar-refractivity contribution in [1.82, 2.24) is 4.90 Å². The summed E-state index contributed by atoms with van der Waals surface area (Å²) in [5, 5.41) is 0.578. The van der Waals surface area contributed by atoms with Crippen LogP contribution in [0, 0.1) is 6.92 Å². The average molecular weight is 355 g/mol. The van der Waals surface area contributed by atoms with Crippen LogP contribution in [0.25, 0.3) is 0 Å². The Labute approximate surface area is 149 Å². The topological polar surface area (TPSA) is 49.9 Å². The first-order valence-corrected chi connectivity index (χ1v) is 8.55. The molecule has 1 rings (SSSR count). The van der Waals surface area contributed by atoms with E-state index in [9.17, 15) is 9.59 Å². The van der Waals surface area contributed by atoms with E-state index in [1.54, 1.807) is 22.9 Å². The molecule has 1 aromatic rings. The molecule has 0 heterocycles. The maximum atomic E-state index is 12.2. The number of carbonyl (C=O) groups excluding carboxylic acids is 2. The first-order chi connectivity index (χ1) is 11.3. The number of carbonyl (C=O) groups is 2. The lowest BCUT2D eigenvalue weighted by molar-refractivity contribution is -0.129. The molecular weight excluding hydrogens is 328 g/mol. The van der Waals surface area contributed by atoms with E-state index >= 15 is 0 Å². The maximum Gasteiger partial charge on any atom is 0.224 e. The third kappa shape index (κ3) is 5.41. The van der Waals surface area contributed by atoms with Crippen molar-refractivity contribution in [2.24, 2.45) is 0 Å². The van der Waals surface area contributed by atoms with Gasteiger partial charge in [-0.1, -0.05) is 24.9 Å². The lowest BCUT2D eigenvalue weighted by Crippen LogP contribution is -2.35. The van der Waals surface area contributed by atoms with E-state index in [0.29, 0.717) is 23.0 Å². The standard InChI is InChI=1S/C18H27ClN2O3/c1-6-7-9-20(4)18(23)8-10-21(14(3)22)16-11-13(2)15(19)12-17(16)24-5/h11-12H,6-10H2,1-5H3. The van der Waals surface area contributed by atoms with Crippen molar-refractivity contribution in [3.05, 3.63) is 22.7 Å². The fourth-order valence-corrected chi connectivity index (χ4v) is 2.54. The molecule has 2 amide bonds. The third-order valence-electron chi connectivity index (χ3n) is 3.95. The van der Waals surface area contributed by atoms with E-state index in [0.717, 1.165) is 24.9 Å². The molecule has 0 atom stereocenters. The fraction of sp³-hybridized carbons (Fsp3) is 0.556. The smallest absolute Gasteiger partial charge is 0.224 e. The van der Waals surface area contributed by atoms with Crippen molar-refractivity contribution in [3.63, 3.8) is 0 Å². The summed E-state index contributed by atoms with van der Waals surface area (Å²) in [4.78, 5) is 27.6. The summed E-state index contributed by atoms with van der Waals surface area (Å²) < 4.78 is 5.35. The van der Waals surface area contributed by atoms with Crippen molar-refractivity contribution in [2.75, 3.05) is 32.1 Å². The molecule has 0 aliphatic carbocycles. The number of hydrogen-bond acceptors (Lipinski definition) is 3. The highest BCUT2D eigenvalue weighted by Gasteiger charge is 2.19. The zero-order chi connectivity index (χ0) is 18.3. The average Bonchev–Trinajstić information content (AvgIpc) is 2.54. The number of anilines is 1. The zero-order valence-electron chi connectivity index (χ0n) is 15.2. The number of unbranched alkanes of at least 4 members (excludes halogenated alkanes) is 1. The molecule has 0 N–H and O–H groups in total. The van der Waals surface area contributed by atoms with Crippen LogP contribution in [0.15, 0.2) is 12.1 Å². The molecule has 0 aromatic heterocycles. The molecule has 0 aliphatic rings. The van der Waals surface area contributed by atoms with Gasteiger partial charge in [0.05, 0.1) is 12.8 Å². The molecule has 5 nitrogen and oxygen atoms in total. The molecule has 24 heavy (non-hydrogen) atoms. The number of nitrogens with zero attached hydrogens (tertiary/aromatic N) is 2. The number of ether oxygens (including phenoxy) is 1. The Hall–Kier alpha value is -1.75. The highest BCUT2D eigenvalue weighted by Crippen LogP contribution is 2.34. The monoisotopic (exact) mass is 354 g/mol. The van der Waals surface area contributed by atoms with Crippen LogP contribution in [0.1, 0.15) is 38.7 Å². The van der Waals surface area contributed by atoms with Gasteiger partial charge in [-0.3, -0.25) is 9.59 Å². The lowest BCUT2D eigenvalue weighted by atomic mass is 10.1. The van der Waals surface area contributed by atoms with Gasteiger partial charge in [0, 0.05) is 44.6 Å². The molecular formula is C18H27ClN2O3. The molecule has 0 saturated carbocycles. The first kappa shape index (κ1) is 20.3. The minimum absolute atomic E-state index is 0.0272. The van der Waals surface area contributed by atoms with E-state index in [-0.39, 0.29) is 18.2 Å². The first-order valence-electron chi connectivity index (χ1n) is 8.18. The Balaban J connectivity index is 2.91. The highest BCUT2D eigenvalue weighted by molar-refractivity contribution is 6.31. The number of aryl methyl sites for hydroxylation is 1. The van der Waals surface area contributed by atoms with Gasteiger partial charge in [-0.05, 0) is 25.0 Å². The third-order valence-corrected chi connectivity index (χ3v) is 4.36. The number of hydrogen-bond donors (Lipinski definition) is 0. The Morgan fingerprint density at radius 1 is 1.25 bits per heavy atom. The fourth-order valence-electron chi connectivity index (χ4n) is 2.39. The van der Waals surface area contributed by atoms with E-state index in [4.69, 9.17) is 16.3 Å². The molecule has 0 bridgehead atoms. The second-order valence-corrected chi connectivity index (χ2v) is 6.27. The maximum absolute atomic E-state index is 12.2. The SMILES string of the molecule is CCCCN(C)C(=O)CCN(C(C)=O)c1cc(C)c(Cl)cc1OC. The van der Waals surface area contributed by atoms with E-state index in [1.807, 2.05) is 13.0 Å². The summed E-state index contributed by atoms with van der Waals surface area (Å²) in [7, 11) is 3.33. The van der Waals surface area contributed by atoms with Gasteiger partial charge in [0.1, 0.15) is 5.75 Å². The van der Waals surface area contributed by atoms with Crippen LogP contribution in [-0.2, 0) is 9.59 Å². The Bertz CT molecular complexity index is 590. The van der Waals surface area contributed by atoms with Gasteiger partial charge in [0.15, 0.2) is 0 Å². The summed E-state index contributed by atoms with van der Waals surface area (Å²) >= 11 is 6.12. The molecule has 0 unspecified atom stereocenters. The van der Waals surface area contributed by atoms with Crippen molar-refractivity contribution >= 4 is 29.1 Å². The second kappa shape index (κ2) is 9.52. The summed E-state index contributed by atoms with van der Waals surface area (Å²) in [6.45, 7) is 6.48. The van der Waals surface area contributed by atoms with Crippen LogP contribution >= 0.6 is 11.6 Å². The van der Waals surface area contributed by atoms with Crippen LogP contribution in [0.2, 0.25) is 5.02 Å². The number of halogens is 1. The molecule has 0 aliphatic heterocycles. The van der Waals surface area contributed by atoms with Crippen molar-refractivity contribution in [1.29, 1.82) is 0 Å². The molecule has 0 saturated heterocycles. The number of methoxy groups -OCH3 is 1. The summed E-state index contributed by atoms with van der Waals surface area (Å²) in [6, 6.07) is 3.51. The molecule has 1 aromatic carbocycles. The zero-order valence-corrected chi connectivity index (χ0v) is 15.9. The van der Waals surface area contributed by atoms with Crippen LogP contribution in [0.5, 0.6) is 5.75 Å². The Kier molecular flexibility index (Phi) is 8.05. The van der Waals surface area contributed by atoms with Gasteiger partial charge >= 0.3 is 0 Å². The molecule has 0 radical (unpaired) electrons. The van der Waals surface area contributed by atoms with Crippen molar-refractivity contribution in [2.45, 2.75) is 40.0 Å². The second-order valence-electron chi connectivity index (χ2n) is 5.86. The van der Waals surface area contributed by atoms with Crippen molar-refractivity contribution in [3.8, 4) is 5.75 Å². The highest BCUT2D eigenvalue weighted by atomic mass is 35.5. The Morgan fingerprint density at radius 2 is 1.92 bits per heavy atom. The quantitative estimate of drug-likeness (QED) is 0.715.